The minimum Gasteiger partial charge on any atom is -0.314 e. The van der Waals surface area contributed by atoms with E-state index in [0.717, 1.165) is 5.56 Å². The molecule has 0 aromatic heterocycles. The lowest BCUT2D eigenvalue weighted by molar-refractivity contribution is -0.694. The highest BCUT2D eigenvalue weighted by Gasteiger charge is 3.03. The van der Waals surface area contributed by atoms with E-state index < -0.39 is 22.2 Å². The van der Waals surface area contributed by atoms with Crippen LogP contribution in [0, 0.1) is 33.5 Å². The second-order valence-electron chi connectivity index (χ2n) is 6.51. The first-order valence-corrected chi connectivity index (χ1v) is 9.08. The van der Waals surface area contributed by atoms with Crippen molar-refractivity contribution in [3.8, 4) is 12.1 Å². The Balaban J connectivity index is 2.37. The second-order valence-corrected chi connectivity index (χ2v) is 6.95. The molecule has 3 N–H and O–H groups in total. The van der Waals surface area contributed by atoms with E-state index in [1.54, 1.807) is 12.1 Å². The van der Waals surface area contributed by atoms with Gasteiger partial charge in [-0.15, -0.1) is 0 Å². The number of nitrogens with two attached hydrogens (primary N) is 1. The summed E-state index contributed by atoms with van der Waals surface area (Å²) in [5.41, 5.74) is 3.60. The van der Waals surface area contributed by atoms with E-state index in [2.05, 4.69) is 17.1 Å². The maximum absolute atomic E-state index is 10.4. The quantitative estimate of drug-likeness (QED) is 0.729. The summed E-state index contributed by atoms with van der Waals surface area (Å²) in [5.74, 6) is -1.30. The van der Waals surface area contributed by atoms with Gasteiger partial charge in [0.1, 0.15) is 0 Å². The lowest BCUT2D eigenvalue weighted by Crippen LogP contribution is -2.91. The molecule has 1 aromatic rings. The molecule has 0 saturated heterocycles. The molecule has 0 amide bonds. The van der Waals surface area contributed by atoms with Gasteiger partial charge in [-0.3, -0.25) is 5.73 Å². The van der Waals surface area contributed by atoms with Gasteiger partial charge in [0.2, 0.25) is 0 Å². The zero-order valence-corrected chi connectivity index (χ0v) is 15.9. The molecule has 26 heavy (non-hydrogen) atoms. The fourth-order valence-corrected chi connectivity index (χ4v) is 5.29. The van der Waals surface area contributed by atoms with Crippen LogP contribution in [0.1, 0.15) is 32.8 Å². The number of ether oxygens (including phenoxy) is 2. The van der Waals surface area contributed by atoms with Crippen LogP contribution in [0.5, 0.6) is 0 Å². The smallest absolute Gasteiger partial charge is 0.314 e. The predicted octanol–water partition coefficient (Wildman–Crippen LogP) is 1.20. The zero-order valence-electron chi connectivity index (χ0n) is 15.1. The number of nitrogens with zero attached hydrogens (tertiary/aromatic N) is 2. The summed E-state index contributed by atoms with van der Waals surface area (Å²) in [6.45, 7) is 6.14. The number of nitriles is 2. The van der Waals surface area contributed by atoms with Gasteiger partial charge >= 0.3 is 5.91 Å². The largest absolute Gasteiger partial charge is 0.343 e. The third kappa shape index (κ3) is 1.66. The molecule has 0 radical (unpaired) electrons. The lowest BCUT2D eigenvalue weighted by atomic mass is 9.80. The topological polar surface area (TPSA) is 106 Å². The fourth-order valence-electron chi connectivity index (χ4n) is 5.10. The van der Waals surface area contributed by atoms with Crippen LogP contribution in [-0.2, 0) is 14.9 Å². The molecule has 1 heterocycles. The van der Waals surface area contributed by atoms with Gasteiger partial charge in [-0.2, -0.15) is 10.5 Å². The average Bonchev–Trinajstić information content (AvgIpc) is 3.13. The number of fused-ring (bicyclic) bond motifs is 1. The van der Waals surface area contributed by atoms with Crippen molar-refractivity contribution in [2.75, 3.05) is 13.2 Å². The van der Waals surface area contributed by atoms with Crippen LogP contribution in [-0.4, -0.2) is 25.0 Å². The van der Waals surface area contributed by atoms with E-state index in [1.165, 1.54) is 0 Å². The minimum atomic E-state index is -1.50. The number of nitrogens with one attached hydrogen (secondary N) is 1. The van der Waals surface area contributed by atoms with Gasteiger partial charge in [-0.1, -0.05) is 30.7 Å². The van der Waals surface area contributed by atoms with Crippen LogP contribution in [0.15, 0.2) is 24.3 Å². The van der Waals surface area contributed by atoms with Gasteiger partial charge in [-0.25, -0.2) is 4.99 Å². The summed E-state index contributed by atoms with van der Waals surface area (Å²) >= 11 is 6.22. The van der Waals surface area contributed by atoms with E-state index in [4.69, 9.17) is 26.8 Å². The summed E-state index contributed by atoms with van der Waals surface area (Å²) in [7, 11) is 0. The first kappa shape index (κ1) is 18.7. The van der Waals surface area contributed by atoms with Crippen LogP contribution in [0.2, 0.25) is 5.02 Å². The van der Waals surface area contributed by atoms with Crippen molar-refractivity contribution in [3.05, 3.63) is 34.9 Å². The first-order valence-electron chi connectivity index (χ1n) is 8.71. The highest BCUT2D eigenvalue weighted by Crippen LogP contribution is 2.83. The minimum absolute atomic E-state index is 0.199. The molecule has 3 rings (SSSR count). The molecule has 0 unspecified atom stereocenters. The van der Waals surface area contributed by atoms with E-state index in [9.17, 15) is 10.5 Å². The normalized spacial score (nSPS) is 33.7. The Morgan fingerprint density at radius 2 is 1.81 bits per heavy atom. The molecule has 6 nitrogen and oxygen atoms in total. The Morgan fingerprint density at radius 3 is 2.27 bits per heavy atom. The van der Waals surface area contributed by atoms with Crippen molar-refractivity contribution in [3.63, 3.8) is 0 Å². The molecule has 1 fully saturated rings. The van der Waals surface area contributed by atoms with Gasteiger partial charge in [0.15, 0.2) is 10.8 Å². The third-order valence-corrected chi connectivity index (χ3v) is 6.09. The Morgan fingerprint density at radius 1 is 1.15 bits per heavy atom. The van der Waals surface area contributed by atoms with Crippen molar-refractivity contribution >= 4 is 17.4 Å². The fraction of sp³-hybridized carbons (Fsp3) is 0.526. The van der Waals surface area contributed by atoms with Crippen molar-refractivity contribution in [2.45, 2.75) is 38.5 Å². The Labute approximate surface area is 158 Å². The Kier molecular flexibility index (Phi) is 4.28. The molecule has 2 aliphatic rings. The predicted molar refractivity (Wildman–Crippen MR) is 95.7 cm³/mol. The molecule has 0 bridgehead atoms. The molecule has 136 valence electrons. The zero-order chi connectivity index (χ0) is 19.2. The number of rotatable bonds is 6. The second kappa shape index (κ2) is 5.96. The molecule has 1 aromatic carbocycles. The number of amidine groups is 1. The van der Waals surface area contributed by atoms with Crippen molar-refractivity contribution < 1.29 is 14.5 Å². The highest BCUT2D eigenvalue weighted by atomic mass is 35.5. The molecular weight excluding hydrogens is 352 g/mol. The van der Waals surface area contributed by atoms with E-state index >= 15 is 0 Å². The van der Waals surface area contributed by atoms with E-state index in [-0.39, 0.29) is 5.84 Å². The summed E-state index contributed by atoms with van der Waals surface area (Å²) < 4.78 is 11.9. The van der Waals surface area contributed by atoms with Gasteiger partial charge in [0.25, 0.3) is 5.84 Å². The Hall–Kier alpha value is -2.12. The number of hydrogen-bond acceptors (Lipinski definition) is 5. The van der Waals surface area contributed by atoms with Gasteiger partial charge in [0.05, 0.1) is 30.8 Å². The highest BCUT2D eigenvalue weighted by molar-refractivity contribution is 6.30. The van der Waals surface area contributed by atoms with Crippen molar-refractivity contribution in [1.29, 1.82) is 10.5 Å². The molecule has 1 saturated carbocycles. The van der Waals surface area contributed by atoms with Crippen molar-refractivity contribution in [1.82, 2.24) is 0 Å². The molecule has 0 spiro atoms. The van der Waals surface area contributed by atoms with Crippen LogP contribution >= 0.6 is 11.6 Å². The molecule has 1 aliphatic heterocycles. The van der Waals surface area contributed by atoms with Gasteiger partial charge in [0, 0.05) is 5.02 Å². The van der Waals surface area contributed by atoms with Crippen LogP contribution in [0.25, 0.3) is 0 Å². The summed E-state index contributed by atoms with van der Waals surface area (Å²) in [5, 5.41) is 21.1. The molecule has 1 aliphatic carbocycles. The molecule has 7 heteroatoms. The maximum Gasteiger partial charge on any atom is 0.343 e. The number of hydrogen-bond donors (Lipinski definition) is 2. The first-order chi connectivity index (χ1) is 12.4. The number of benzene rings is 1. The van der Waals surface area contributed by atoms with Crippen LogP contribution in [0.3, 0.4) is 0 Å². The summed E-state index contributed by atoms with van der Waals surface area (Å²) in [6, 6.07) is 12.0. The van der Waals surface area contributed by atoms with Gasteiger partial charge < -0.3 is 9.47 Å². The molecular formula is C19H22ClN4O2+. The Bertz CT molecular complexity index is 852. The van der Waals surface area contributed by atoms with E-state index in [1.807, 2.05) is 32.9 Å². The monoisotopic (exact) mass is 373 g/mol. The summed E-state index contributed by atoms with van der Waals surface area (Å²) in [6.07, 6.45) is 0.499. The van der Waals surface area contributed by atoms with Gasteiger partial charge in [-0.05, 0) is 38.0 Å². The van der Waals surface area contributed by atoms with Crippen molar-refractivity contribution in [2.24, 2.45) is 16.6 Å². The van der Waals surface area contributed by atoms with Crippen LogP contribution in [0.4, 0.5) is 0 Å². The average molecular weight is 374 g/mol. The maximum atomic E-state index is 10.4. The molecule has 3 atom stereocenters. The standard InChI is InChI=1S/C19H21ClN4O2/c1-4-16(13-8-7-9-14(20)10-13)17(11-21)15(23)24-19(25-5-2,26-6-3)18(16,17)12-22/h7-10H,4-6H2,1-3H3,(H2,23,24)/p+1/t16-,17+,18-/m1/s1. The lowest BCUT2D eigenvalue weighted by Gasteiger charge is -2.33. The number of halogens is 1. The summed E-state index contributed by atoms with van der Waals surface area (Å²) in [4.78, 5) is 3.00. The van der Waals surface area contributed by atoms with Crippen LogP contribution < -0.4 is 10.7 Å². The van der Waals surface area contributed by atoms with E-state index in [0.29, 0.717) is 24.7 Å². The third-order valence-electron chi connectivity index (χ3n) is 5.86. The SMILES string of the molecule is CCOC1(OCC)[NH+]=C(N)[C@@]2(C#N)[C@@](CC)(c3cccc(Cl)c3)[C@@]12C#N.